The number of nitrogens with zero attached hydrogens (tertiary/aromatic N) is 2. The highest BCUT2D eigenvalue weighted by Crippen LogP contribution is 2.40. The number of ketones is 1. The number of aromatic hydroxyl groups is 1. The zero-order chi connectivity index (χ0) is 20.4. The molecule has 29 heavy (non-hydrogen) atoms. The molecule has 2 aromatic carbocycles. The fourth-order valence-electron chi connectivity index (χ4n) is 3.73. The van der Waals surface area contributed by atoms with Crippen LogP contribution in [0.4, 0.5) is 4.39 Å². The van der Waals surface area contributed by atoms with Gasteiger partial charge < -0.3 is 14.9 Å². The van der Waals surface area contributed by atoms with E-state index in [9.17, 15) is 14.3 Å². The fourth-order valence-corrected chi connectivity index (χ4v) is 3.73. The molecule has 2 heterocycles. The van der Waals surface area contributed by atoms with Crippen LogP contribution in [0.1, 0.15) is 21.5 Å². The normalized spacial score (nSPS) is 18.8. The molecule has 0 radical (unpaired) electrons. The number of hydrogen-bond acceptors (Lipinski definition) is 6. The number of allylic oxidation sites excluding steroid dienone is 1. The molecule has 2 N–H and O–H groups in total. The van der Waals surface area contributed by atoms with Crippen molar-refractivity contribution in [3.63, 3.8) is 0 Å². The van der Waals surface area contributed by atoms with Gasteiger partial charge in [-0.15, -0.1) is 0 Å². The quantitative estimate of drug-likeness (QED) is 0.753. The van der Waals surface area contributed by atoms with Crippen molar-refractivity contribution in [2.75, 3.05) is 39.3 Å². The number of rotatable bonds is 5. The predicted molar refractivity (Wildman–Crippen MR) is 106 cm³/mol. The van der Waals surface area contributed by atoms with Crippen LogP contribution in [0.5, 0.6) is 11.5 Å². The van der Waals surface area contributed by atoms with E-state index in [-0.39, 0.29) is 29.7 Å². The Bertz CT molecular complexity index is 952. The largest absolute Gasteiger partial charge is 0.507 e. The summed E-state index contributed by atoms with van der Waals surface area (Å²) in [5, 5.41) is 19.5. The number of hydrogen-bond donors (Lipinski definition) is 2. The summed E-state index contributed by atoms with van der Waals surface area (Å²) in [5.41, 5.74) is 1.51. The molecule has 0 spiro atoms. The van der Waals surface area contributed by atoms with E-state index >= 15 is 0 Å². The molecule has 2 aliphatic rings. The minimum absolute atomic E-state index is 0.0846. The molecule has 4 rings (SSSR count). The Morgan fingerprint density at radius 2 is 1.86 bits per heavy atom. The molecule has 1 saturated heterocycles. The highest BCUT2D eigenvalue weighted by Gasteiger charge is 2.32. The number of fused-ring (bicyclic) bond motifs is 1. The first-order valence-electron chi connectivity index (χ1n) is 9.65. The van der Waals surface area contributed by atoms with E-state index in [4.69, 9.17) is 9.84 Å². The molecule has 2 aliphatic heterocycles. The average molecular weight is 398 g/mol. The van der Waals surface area contributed by atoms with Gasteiger partial charge in [0.15, 0.2) is 5.76 Å². The maximum atomic E-state index is 13.4. The van der Waals surface area contributed by atoms with Gasteiger partial charge in [-0.3, -0.25) is 14.6 Å². The van der Waals surface area contributed by atoms with Crippen LogP contribution < -0.4 is 4.74 Å². The lowest BCUT2D eigenvalue weighted by atomic mass is 10.0. The van der Waals surface area contributed by atoms with Gasteiger partial charge in [0.25, 0.3) is 0 Å². The highest BCUT2D eigenvalue weighted by atomic mass is 19.1. The summed E-state index contributed by atoms with van der Waals surface area (Å²) >= 11 is 0. The third-order valence-electron chi connectivity index (χ3n) is 5.33. The number of carbonyl (C=O) groups excluding carboxylic acids is 1. The maximum Gasteiger partial charge on any atom is 0.231 e. The zero-order valence-corrected chi connectivity index (χ0v) is 16.0. The van der Waals surface area contributed by atoms with E-state index in [1.165, 1.54) is 24.3 Å². The minimum Gasteiger partial charge on any atom is -0.507 e. The van der Waals surface area contributed by atoms with Gasteiger partial charge in [0.2, 0.25) is 5.78 Å². The van der Waals surface area contributed by atoms with E-state index < -0.39 is 0 Å². The third kappa shape index (κ3) is 4.17. The lowest BCUT2D eigenvalue weighted by Crippen LogP contribution is -2.46. The first-order chi connectivity index (χ1) is 14.0. The summed E-state index contributed by atoms with van der Waals surface area (Å²) in [5.74, 6) is -0.0961. The van der Waals surface area contributed by atoms with Gasteiger partial charge in [0, 0.05) is 39.3 Å². The van der Waals surface area contributed by atoms with Crippen LogP contribution in [-0.2, 0) is 6.54 Å². The topological polar surface area (TPSA) is 73.2 Å². The van der Waals surface area contributed by atoms with Crippen LogP contribution in [0.2, 0.25) is 0 Å². The summed E-state index contributed by atoms with van der Waals surface area (Å²) in [6.07, 6.45) is 1.51. The number of aliphatic hydroxyl groups excluding tert-OH is 1. The summed E-state index contributed by atoms with van der Waals surface area (Å²) in [6.45, 7) is 4.52. The molecule has 2 aromatic rings. The number of aliphatic hydroxyl groups is 1. The van der Waals surface area contributed by atoms with E-state index in [2.05, 4.69) is 9.80 Å². The van der Waals surface area contributed by atoms with Crippen molar-refractivity contribution < 1.29 is 24.1 Å². The lowest BCUT2D eigenvalue weighted by Gasteiger charge is -2.34. The Balaban J connectivity index is 1.55. The molecule has 7 heteroatoms. The first kappa shape index (κ1) is 19.6. The van der Waals surface area contributed by atoms with Crippen molar-refractivity contribution >= 4 is 11.9 Å². The van der Waals surface area contributed by atoms with Crippen LogP contribution in [-0.4, -0.2) is 65.1 Å². The summed E-state index contributed by atoms with van der Waals surface area (Å²) in [4.78, 5) is 17.1. The van der Waals surface area contributed by atoms with Crippen LogP contribution in [0, 0.1) is 5.82 Å². The van der Waals surface area contributed by atoms with Crippen molar-refractivity contribution in [3.8, 4) is 11.5 Å². The number of ether oxygens (including phenoxy) is 1. The predicted octanol–water partition coefficient (Wildman–Crippen LogP) is 2.26. The SMILES string of the molecule is O=C1C(=Cc2cccc(F)c2)Oc2c1ccc(O)c2CN1CCN(CCO)CC1. The Labute approximate surface area is 168 Å². The van der Waals surface area contributed by atoms with E-state index in [1.54, 1.807) is 18.2 Å². The highest BCUT2D eigenvalue weighted by molar-refractivity contribution is 6.15. The van der Waals surface area contributed by atoms with Crippen LogP contribution >= 0.6 is 0 Å². The molecule has 1 fully saturated rings. The maximum absolute atomic E-state index is 13.4. The number of benzene rings is 2. The second kappa shape index (κ2) is 8.32. The molecule has 0 atom stereocenters. The summed E-state index contributed by atoms with van der Waals surface area (Å²) in [7, 11) is 0. The van der Waals surface area contributed by atoms with Crippen molar-refractivity contribution in [1.29, 1.82) is 0 Å². The van der Waals surface area contributed by atoms with Crippen LogP contribution in [0.3, 0.4) is 0 Å². The lowest BCUT2D eigenvalue weighted by molar-refractivity contribution is 0.101. The molecule has 0 bridgehead atoms. The van der Waals surface area contributed by atoms with E-state index in [0.29, 0.717) is 35.5 Å². The molecular formula is C22H23FN2O4. The molecule has 0 unspecified atom stereocenters. The van der Waals surface area contributed by atoms with Gasteiger partial charge in [0.1, 0.15) is 17.3 Å². The average Bonchev–Trinajstić information content (AvgIpc) is 3.01. The van der Waals surface area contributed by atoms with Gasteiger partial charge in [-0.1, -0.05) is 12.1 Å². The van der Waals surface area contributed by atoms with Gasteiger partial charge in [-0.25, -0.2) is 4.39 Å². The van der Waals surface area contributed by atoms with Gasteiger partial charge in [0.05, 0.1) is 17.7 Å². The number of phenolic OH excluding ortho intramolecular Hbond substituents is 1. The van der Waals surface area contributed by atoms with Crippen molar-refractivity contribution in [1.82, 2.24) is 9.80 Å². The molecule has 0 aromatic heterocycles. The number of β-amino-alcohol motifs (C(OH)–C–C–N with tert-alkyl or cyclic N) is 1. The van der Waals surface area contributed by atoms with Gasteiger partial charge >= 0.3 is 0 Å². The van der Waals surface area contributed by atoms with E-state index in [1.807, 2.05) is 0 Å². The van der Waals surface area contributed by atoms with Gasteiger partial charge in [-0.2, -0.15) is 0 Å². The second-order valence-corrected chi connectivity index (χ2v) is 7.28. The van der Waals surface area contributed by atoms with Crippen molar-refractivity contribution in [2.24, 2.45) is 0 Å². The zero-order valence-electron chi connectivity index (χ0n) is 16.0. The molecule has 152 valence electrons. The number of piperazine rings is 1. The Morgan fingerprint density at radius 1 is 1.10 bits per heavy atom. The second-order valence-electron chi connectivity index (χ2n) is 7.28. The van der Waals surface area contributed by atoms with Crippen molar-refractivity contribution in [3.05, 3.63) is 64.7 Å². The Hall–Kier alpha value is -2.74. The molecule has 0 saturated carbocycles. The standard InChI is InChI=1S/C22H23FN2O4/c23-16-3-1-2-15(12-16)13-20-21(28)17-4-5-19(27)18(22(17)29-20)14-25-8-6-24(7-9-25)10-11-26/h1-5,12-13,26-27H,6-11,14H2. The Morgan fingerprint density at radius 3 is 2.59 bits per heavy atom. The number of Topliss-reactive ketones (excluding diaryl/α,β-unsaturated/α-hetero) is 1. The third-order valence-corrected chi connectivity index (χ3v) is 5.33. The van der Waals surface area contributed by atoms with Crippen molar-refractivity contribution in [2.45, 2.75) is 6.54 Å². The van der Waals surface area contributed by atoms with Crippen LogP contribution in [0.15, 0.2) is 42.2 Å². The monoisotopic (exact) mass is 398 g/mol. The summed E-state index contributed by atoms with van der Waals surface area (Å²) < 4.78 is 19.3. The Kier molecular flexibility index (Phi) is 5.62. The van der Waals surface area contributed by atoms with Gasteiger partial charge in [-0.05, 0) is 35.9 Å². The molecular weight excluding hydrogens is 375 g/mol. The smallest absolute Gasteiger partial charge is 0.231 e. The van der Waals surface area contributed by atoms with E-state index in [0.717, 1.165) is 26.2 Å². The molecule has 6 nitrogen and oxygen atoms in total. The fraction of sp³-hybridized carbons (Fsp3) is 0.318. The number of halogens is 1. The number of carbonyl (C=O) groups is 1. The first-order valence-corrected chi connectivity index (χ1v) is 9.65. The molecule has 0 amide bonds. The van der Waals surface area contributed by atoms with Crippen LogP contribution in [0.25, 0.3) is 6.08 Å². The molecule has 0 aliphatic carbocycles. The summed E-state index contributed by atoms with van der Waals surface area (Å²) in [6, 6.07) is 9.01. The number of phenols is 1. The minimum atomic E-state index is -0.388.